The van der Waals surface area contributed by atoms with Crippen LogP contribution in [0.3, 0.4) is 0 Å². The van der Waals surface area contributed by atoms with Crippen molar-refractivity contribution in [3.63, 3.8) is 0 Å². The Morgan fingerprint density at radius 1 is 1.19 bits per heavy atom. The molecule has 0 fully saturated rings. The van der Waals surface area contributed by atoms with E-state index in [0.29, 0.717) is 23.7 Å². The zero-order chi connectivity index (χ0) is 18.9. The second-order valence-corrected chi connectivity index (χ2v) is 6.81. The van der Waals surface area contributed by atoms with Crippen molar-refractivity contribution < 1.29 is 9.59 Å². The van der Waals surface area contributed by atoms with E-state index in [1.165, 1.54) is 0 Å². The molecule has 0 saturated carbocycles. The highest BCUT2D eigenvalue weighted by Gasteiger charge is 2.21. The van der Waals surface area contributed by atoms with Crippen molar-refractivity contribution in [2.75, 3.05) is 5.32 Å². The van der Waals surface area contributed by atoms with Crippen LogP contribution in [0, 0.1) is 5.92 Å². The molecule has 1 aromatic heterocycles. The van der Waals surface area contributed by atoms with E-state index in [2.05, 4.69) is 20.9 Å². The van der Waals surface area contributed by atoms with E-state index in [1.807, 2.05) is 26.0 Å². The molecule has 0 spiro atoms. The summed E-state index contributed by atoms with van der Waals surface area (Å²) >= 11 is 5.91. The first-order valence-corrected chi connectivity index (χ1v) is 8.81. The minimum Gasteiger partial charge on any atom is -0.350 e. The Kier molecular flexibility index (Phi) is 7.41. The van der Waals surface area contributed by atoms with Gasteiger partial charge in [-0.15, -0.1) is 0 Å². The number of hydrogen-bond donors (Lipinski definition) is 3. The van der Waals surface area contributed by atoms with Gasteiger partial charge in [0.1, 0.15) is 6.04 Å². The first-order chi connectivity index (χ1) is 12.4. The third-order valence-corrected chi connectivity index (χ3v) is 3.84. The normalized spacial score (nSPS) is 11.7. The van der Waals surface area contributed by atoms with Crippen LogP contribution in [-0.2, 0) is 11.3 Å². The number of anilines is 1. The van der Waals surface area contributed by atoms with E-state index < -0.39 is 12.1 Å². The third kappa shape index (κ3) is 6.72. The number of aromatic nitrogens is 1. The molecule has 6 nitrogen and oxygen atoms in total. The van der Waals surface area contributed by atoms with Crippen molar-refractivity contribution in [3.8, 4) is 0 Å². The highest BCUT2D eigenvalue weighted by Crippen LogP contribution is 2.15. The number of pyridine rings is 1. The van der Waals surface area contributed by atoms with Crippen molar-refractivity contribution in [3.05, 3.63) is 59.4 Å². The number of nitrogens with zero attached hydrogens (tertiary/aromatic N) is 1. The van der Waals surface area contributed by atoms with Gasteiger partial charge in [0, 0.05) is 29.6 Å². The highest BCUT2D eigenvalue weighted by molar-refractivity contribution is 6.30. The smallest absolute Gasteiger partial charge is 0.319 e. The minimum absolute atomic E-state index is 0.233. The number of rotatable bonds is 7. The maximum absolute atomic E-state index is 12.5. The predicted octanol–water partition coefficient (Wildman–Crippen LogP) is 3.59. The lowest BCUT2D eigenvalue weighted by atomic mass is 10.0. The molecule has 2 rings (SSSR count). The number of halogens is 1. The fraction of sp³-hybridized carbons (Fsp3) is 0.316. The van der Waals surface area contributed by atoms with E-state index in [1.54, 1.807) is 36.7 Å². The second-order valence-electron chi connectivity index (χ2n) is 6.37. The van der Waals surface area contributed by atoms with Gasteiger partial charge in [-0.3, -0.25) is 9.78 Å². The fourth-order valence-electron chi connectivity index (χ4n) is 2.41. The van der Waals surface area contributed by atoms with Gasteiger partial charge in [-0.2, -0.15) is 0 Å². The Balaban J connectivity index is 1.94. The Hall–Kier alpha value is -2.60. The van der Waals surface area contributed by atoms with E-state index in [0.717, 1.165) is 5.56 Å². The van der Waals surface area contributed by atoms with Crippen LogP contribution in [-0.4, -0.2) is 23.0 Å². The van der Waals surface area contributed by atoms with Crippen LogP contribution in [0.25, 0.3) is 0 Å². The molecule has 1 heterocycles. The zero-order valence-corrected chi connectivity index (χ0v) is 15.6. The third-order valence-electron chi connectivity index (χ3n) is 3.60. The van der Waals surface area contributed by atoms with Gasteiger partial charge in [0.15, 0.2) is 0 Å². The van der Waals surface area contributed by atoms with Gasteiger partial charge in [-0.25, -0.2) is 4.79 Å². The molecule has 0 bridgehead atoms. The van der Waals surface area contributed by atoms with E-state index in [4.69, 9.17) is 11.6 Å². The molecule has 3 amide bonds. The maximum Gasteiger partial charge on any atom is 0.319 e. The SMILES string of the molecule is CC(C)C[C@H](NC(=O)Nc1cccc(Cl)c1)C(=O)NCc1cccnc1. The summed E-state index contributed by atoms with van der Waals surface area (Å²) in [5.74, 6) is 0.0133. The average molecular weight is 375 g/mol. The number of urea groups is 1. The molecular weight excluding hydrogens is 352 g/mol. The average Bonchev–Trinajstić information content (AvgIpc) is 2.59. The fourth-order valence-corrected chi connectivity index (χ4v) is 2.60. The Labute approximate surface area is 158 Å². The molecule has 1 aromatic carbocycles. The van der Waals surface area contributed by atoms with Gasteiger partial charge >= 0.3 is 6.03 Å². The number of carbonyl (C=O) groups excluding carboxylic acids is 2. The molecule has 0 radical (unpaired) electrons. The number of nitrogens with one attached hydrogen (secondary N) is 3. The van der Waals surface area contributed by atoms with Crippen LogP contribution in [0.2, 0.25) is 5.02 Å². The number of hydrogen-bond acceptors (Lipinski definition) is 3. The Morgan fingerprint density at radius 2 is 2.00 bits per heavy atom. The molecule has 26 heavy (non-hydrogen) atoms. The molecular formula is C19H23ClN4O2. The summed E-state index contributed by atoms with van der Waals surface area (Å²) in [4.78, 5) is 28.8. The van der Waals surface area contributed by atoms with Gasteiger partial charge in [0.25, 0.3) is 0 Å². The number of carbonyl (C=O) groups is 2. The zero-order valence-electron chi connectivity index (χ0n) is 14.8. The van der Waals surface area contributed by atoms with Crippen LogP contribution in [0.15, 0.2) is 48.8 Å². The van der Waals surface area contributed by atoms with Crippen LogP contribution >= 0.6 is 11.6 Å². The van der Waals surface area contributed by atoms with E-state index in [9.17, 15) is 9.59 Å². The standard InChI is InChI=1S/C19H23ClN4O2/c1-13(2)9-17(18(25)22-12-14-5-4-8-21-11-14)24-19(26)23-16-7-3-6-15(20)10-16/h3-8,10-11,13,17H,9,12H2,1-2H3,(H,22,25)(H2,23,24,26)/t17-/m0/s1. The second kappa shape index (κ2) is 9.77. The maximum atomic E-state index is 12.5. The number of benzene rings is 1. The topological polar surface area (TPSA) is 83.1 Å². The van der Waals surface area contributed by atoms with Gasteiger partial charge in [-0.05, 0) is 42.2 Å². The summed E-state index contributed by atoms with van der Waals surface area (Å²) in [7, 11) is 0. The lowest BCUT2D eigenvalue weighted by Crippen LogP contribution is -2.48. The molecule has 0 aliphatic rings. The van der Waals surface area contributed by atoms with Gasteiger partial charge in [0.2, 0.25) is 5.91 Å². The van der Waals surface area contributed by atoms with Crippen molar-refractivity contribution in [2.24, 2.45) is 5.92 Å². The van der Waals surface area contributed by atoms with Gasteiger partial charge in [-0.1, -0.05) is 37.6 Å². The number of amides is 3. The quantitative estimate of drug-likeness (QED) is 0.692. The first-order valence-electron chi connectivity index (χ1n) is 8.43. The molecule has 0 aliphatic carbocycles. The minimum atomic E-state index is -0.633. The van der Waals surface area contributed by atoms with Crippen LogP contribution in [0.1, 0.15) is 25.8 Å². The molecule has 0 saturated heterocycles. The van der Waals surface area contributed by atoms with Gasteiger partial charge < -0.3 is 16.0 Å². The summed E-state index contributed by atoms with van der Waals surface area (Å²) < 4.78 is 0. The monoisotopic (exact) mass is 374 g/mol. The van der Waals surface area contributed by atoms with Crippen LogP contribution in [0.5, 0.6) is 0 Å². The van der Waals surface area contributed by atoms with Crippen molar-refractivity contribution in [1.29, 1.82) is 0 Å². The Bertz CT molecular complexity index is 737. The summed E-state index contributed by atoms with van der Waals surface area (Å²) in [5, 5.41) is 8.79. The van der Waals surface area contributed by atoms with E-state index >= 15 is 0 Å². The first kappa shape index (κ1) is 19.7. The highest BCUT2D eigenvalue weighted by atomic mass is 35.5. The van der Waals surface area contributed by atoms with Crippen LogP contribution in [0.4, 0.5) is 10.5 Å². The van der Waals surface area contributed by atoms with Crippen LogP contribution < -0.4 is 16.0 Å². The summed E-state index contributed by atoms with van der Waals surface area (Å²) in [6.07, 6.45) is 3.90. The predicted molar refractivity (Wildman–Crippen MR) is 103 cm³/mol. The molecule has 2 aromatic rings. The molecule has 3 N–H and O–H groups in total. The van der Waals surface area contributed by atoms with Crippen molar-refractivity contribution in [2.45, 2.75) is 32.9 Å². The van der Waals surface area contributed by atoms with Crippen molar-refractivity contribution >= 4 is 29.2 Å². The summed E-state index contributed by atoms with van der Waals surface area (Å²) in [5.41, 5.74) is 1.46. The lowest BCUT2D eigenvalue weighted by molar-refractivity contribution is -0.123. The largest absolute Gasteiger partial charge is 0.350 e. The molecule has 138 valence electrons. The van der Waals surface area contributed by atoms with Crippen molar-refractivity contribution in [1.82, 2.24) is 15.6 Å². The molecule has 0 aliphatic heterocycles. The molecule has 0 unspecified atom stereocenters. The summed E-state index contributed by atoms with van der Waals surface area (Å²) in [6.45, 7) is 4.36. The Morgan fingerprint density at radius 3 is 2.65 bits per heavy atom. The van der Waals surface area contributed by atoms with E-state index in [-0.39, 0.29) is 11.8 Å². The summed E-state index contributed by atoms with van der Waals surface area (Å²) in [6, 6.07) is 9.43. The molecule has 1 atom stereocenters. The lowest BCUT2D eigenvalue weighted by Gasteiger charge is -2.20. The van der Waals surface area contributed by atoms with Gasteiger partial charge in [0.05, 0.1) is 0 Å². The molecule has 7 heteroatoms.